The molecule has 8 amide bonds. The number of nitrogens with two attached hydrogens (primary N) is 2. The quantitative estimate of drug-likeness (QED) is 0.0282. The van der Waals surface area contributed by atoms with Gasteiger partial charge in [0.2, 0.25) is 47.3 Å². The first-order valence-electron chi connectivity index (χ1n) is 25.2. The Morgan fingerprint density at radius 2 is 1.35 bits per heavy atom. The Kier molecular flexibility index (Phi) is 22.7. The monoisotopic (exact) mass is 1070 g/mol. The molecule has 1 fully saturated rings. The molecule has 2 aromatic heterocycles. The number of aromatic amines is 2. The first-order valence-corrected chi connectivity index (χ1v) is 25.2. The van der Waals surface area contributed by atoms with Crippen LogP contribution < -0.4 is 64.6 Å². The lowest BCUT2D eigenvalue weighted by Crippen LogP contribution is -2.60. The van der Waals surface area contributed by atoms with Crippen molar-refractivity contribution in [2.75, 3.05) is 19.6 Å². The van der Waals surface area contributed by atoms with Crippen LogP contribution in [0.1, 0.15) is 75.1 Å². The Hall–Kier alpha value is -9.04. The molecule has 19 N–H and O–H groups in total. The molecule has 2 aromatic carbocycles. The van der Waals surface area contributed by atoms with Gasteiger partial charge in [0, 0.05) is 75.5 Å². The standard InChI is InChI=1S/C50H69N17O10/c1-28(68)61-34(14-7-20-57-49(51)52)42(70)63-36-17-18-41(69)56-19-9-16-37(48(76)77)64-46(74)39(23-30-25-59-33-13-6-5-12-32(30)33)66-43(71)35(15-8-21-58-50(53)54)62-45(73)38(22-29-10-3-2-4-11-29)65-47(75)40(67-44(36)72)24-31-26-55-27-60-31/h2-6,10-13,25-27,34-40,59H,7-9,14-24H2,1H3,(H,55,60)(H,56,69)(H,61,68)(H,62,73)(H,63,70)(H,64,74)(H,65,75)(H,66,71)(H,67,72)(H,76,77)(H4,51,52,57)(H4,53,54,58)/t34-,35-,36-,37?,38?,39-,40-/m0/s1. The van der Waals surface area contributed by atoms with Gasteiger partial charge in [-0.05, 0) is 62.1 Å². The molecule has 3 heterocycles. The number of H-pyrrole nitrogens is 2. The van der Waals surface area contributed by atoms with Gasteiger partial charge in [0.1, 0.15) is 42.3 Å². The maximum absolute atomic E-state index is 14.7. The second-order valence-electron chi connectivity index (χ2n) is 18.5. The molecule has 0 radical (unpaired) electrons. The van der Waals surface area contributed by atoms with Gasteiger partial charge in [-0.1, -0.05) is 48.5 Å². The van der Waals surface area contributed by atoms with Crippen molar-refractivity contribution in [1.29, 1.82) is 10.8 Å². The van der Waals surface area contributed by atoms with Crippen molar-refractivity contribution in [2.24, 2.45) is 11.5 Å². The second kappa shape index (κ2) is 29.7. The van der Waals surface area contributed by atoms with Crippen molar-refractivity contribution < 1.29 is 48.3 Å². The van der Waals surface area contributed by atoms with Crippen LogP contribution in [0.15, 0.2) is 73.3 Å². The molecule has 0 aliphatic carbocycles. The number of amides is 8. The van der Waals surface area contributed by atoms with Crippen molar-refractivity contribution in [3.05, 3.63) is 90.1 Å². The maximum atomic E-state index is 14.7. The molecular weight excluding hydrogens is 999 g/mol. The zero-order valence-electron chi connectivity index (χ0n) is 42.6. The Morgan fingerprint density at radius 1 is 0.740 bits per heavy atom. The number of carboxylic acids is 1. The number of hydrogen-bond acceptors (Lipinski definition) is 12. The third-order valence-corrected chi connectivity index (χ3v) is 12.4. The highest BCUT2D eigenvalue weighted by Crippen LogP contribution is 2.20. The summed E-state index contributed by atoms with van der Waals surface area (Å²) in [5, 5.41) is 52.5. The Bertz CT molecular complexity index is 2700. The number of hydrogen-bond donors (Lipinski definition) is 17. The molecule has 1 aliphatic rings. The molecule has 0 bridgehead atoms. The summed E-state index contributed by atoms with van der Waals surface area (Å²) in [5.41, 5.74) is 13.1. The summed E-state index contributed by atoms with van der Waals surface area (Å²) in [5.74, 6) is -8.41. The number of nitrogens with one attached hydrogen (secondary N) is 14. The minimum atomic E-state index is -1.51. The number of carboxylic acid groups (broad SMARTS) is 1. The van der Waals surface area contributed by atoms with Crippen LogP contribution in [0, 0.1) is 10.8 Å². The first-order chi connectivity index (χ1) is 36.9. The number of aromatic nitrogens is 3. The van der Waals surface area contributed by atoms with Gasteiger partial charge in [-0.25, -0.2) is 9.78 Å². The molecule has 1 saturated heterocycles. The van der Waals surface area contributed by atoms with Gasteiger partial charge in [0.25, 0.3) is 0 Å². The maximum Gasteiger partial charge on any atom is 0.326 e. The van der Waals surface area contributed by atoms with E-state index >= 15 is 0 Å². The van der Waals surface area contributed by atoms with E-state index in [2.05, 4.69) is 68.1 Å². The summed E-state index contributed by atoms with van der Waals surface area (Å²) in [6, 6.07) is 5.89. The van der Waals surface area contributed by atoms with E-state index in [1.54, 1.807) is 42.6 Å². The van der Waals surface area contributed by atoms with Gasteiger partial charge in [0.15, 0.2) is 11.9 Å². The van der Waals surface area contributed by atoms with Crippen LogP contribution in [0.3, 0.4) is 0 Å². The van der Waals surface area contributed by atoms with E-state index in [1.807, 2.05) is 18.2 Å². The Morgan fingerprint density at radius 3 is 2.01 bits per heavy atom. The van der Waals surface area contributed by atoms with Crippen LogP contribution in [0.4, 0.5) is 0 Å². The van der Waals surface area contributed by atoms with E-state index in [1.165, 1.54) is 19.4 Å². The van der Waals surface area contributed by atoms with E-state index in [4.69, 9.17) is 22.3 Å². The fourth-order valence-corrected chi connectivity index (χ4v) is 8.51. The zero-order valence-corrected chi connectivity index (χ0v) is 42.6. The third-order valence-electron chi connectivity index (χ3n) is 12.4. The van der Waals surface area contributed by atoms with Crippen LogP contribution in [0.2, 0.25) is 0 Å². The van der Waals surface area contributed by atoms with E-state index in [-0.39, 0.29) is 102 Å². The largest absolute Gasteiger partial charge is 0.480 e. The molecule has 4 aromatic rings. The summed E-state index contributed by atoms with van der Waals surface area (Å²) < 4.78 is 0. The summed E-state index contributed by atoms with van der Waals surface area (Å²) in [4.78, 5) is 135. The molecule has 1 aliphatic heterocycles. The summed E-state index contributed by atoms with van der Waals surface area (Å²) >= 11 is 0. The molecular formula is C50H69N17O10. The molecule has 5 rings (SSSR count). The van der Waals surface area contributed by atoms with Crippen molar-refractivity contribution in [2.45, 2.75) is 120 Å². The molecule has 414 valence electrons. The van der Waals surface area contributed by atoms with Crippen LogP contribution in [-0.2, 0) is 62.4 Å². The highest BCUT2D eigenvalue weighted by molar-refractivity contribution is 5.98. The zero-order chi connectivity index (χ0) is 55.9. The van der Waals surface area contributed by atoms with Gasteiger partial charge < -0.3 is 79.7 Å². The minimum Gasteiger partial charge on any atom is -0.480 e. The topological polar surface area (TPSA) is 438 Å². The molecule has 0 saturated carbocycles. The van der Waals surface area contributed by atoms with Crippen LogP contribution in [-0.4, -0.2) is 147 Å². The Balaban J connectivity index is 1.54. The number of guanidine groups is 2. The van der Waals surface area contributed by atoms with Crippen LogP contribution in [0.25, 0.3) is 10.9 Å². The van der Waals surface area contributed by atoms with Crippen molar-refractivity contribution >= 4 is 76.0 Å². The number of para-hydroxylation sites is 1. The van der Waals surface area contributed by atoms with E-state index in [9.17, 15) is 48.3 Å². The summed E-state index contributed by atoms with van der Waals surface area (Å²) in [6.45, 7) is 1.39. The molecule has 0 spiro atoms. The summed E-state index contributed by atoms with van der Waals surface area (Å²) in [6.07, 6.45) is 3.50. The lowest BCUT2D eigenvalue weighted by Gasteiger charge is -2.28. The van der Waals surface area contributed by atoms with Crippen LogP contribution in [0.5, 0.6) is 0 Å². The SMILES string of the molecule is CC(=O)N[C@@H](CCCNC(=N)N)C(=O)N[C@H]1CCC(=O)NCCCC(C(=O)O)NC(=O)[C@H](Cc2c[nH]c3ccccc23)NC(=O)[C@H](CCCNC(=N)N)NC(=O)C(Cc2ccccc2)NC(=O)[C@H](Cc2c[nH]cn2)NC1=O. The number of carbonyl (C=O) groups excluding carboxylic acids is 8. The van der Waals surface area contributed by atoms with Crippen molar-refractivity contribution in [3.8, 4) is 0 Å². The highest BCUT2D eigenvalue weighted by atomic mass is 16.4. The van der Waals surface area contributed by atoms with Gasteiger partial charge in [0.05, 0.1) is 12.0 Å². The number of fused-ring (bicyclic) bond motifs is 1. The molecule has 2 unspecified atom stereocenters. The molecule has 27 nitrogen and oxygen atoms in total. The third kappa shape index (κ3) is 19.6. The van der Waals surface area contributed by atoms with Crippen molar-refractivity contribution in [1.82, 2.24) is 68.1 Å². The number of rotatable bonds is 18. The molecule has 7 atom stereocenters. The van der Waals surface area contributed by atoms with E-state index < -0.39 is 95.5 Å². The number of nitrogens with zero attached hydrogens (tertiary/aromatic N) is 1. The van der Waals surface area contributed by atoms with Crippen molar-refractivity contribution in [3.63, 3.8) is 0 Å². The average Bonchev–Trinajstić information content (AvgIpc) is 4.06. The van der Waals surface area contributed by atoms with Gasteiger partial charge in [-0.2, -0.15) is 0 Å². The Labute approximate surface area is 443 Å². The van der Waals surface area contributed by atoms with Gasteiger partial charge in [-0.3, -0.25) is 49.2 Å². The van der Waals surface area contributed by atoms with Gasteiger partial charge >= 0.3 is 5.97 Å². The predicted octanol–water partition coefficient (Wildman–Crippen LogP) is -2.37. The number of benzene rings is 2. The van der Waals surface area contributed by atoms with Crippen LogP contribution >= 0.6 is 0 Å². The average molecular weight is 1070 g/mol. The second-order valence-corrected chi connectivity index (χ2v) is 18.5. The predicted molar refractivity (Wildman–Crippen MR) is 281 cm³/mol. The van der Waals surface area contributed by atoms with E-state index in [0.717, 1.165) is 10.9 Å². The minimum absolute atomic E-state index is 0.0376. The lowest BCUT2D eigenvalue weighted by molar-refractivity contribution is -0.142. The molecule has 77 heavy (non-hydrogen) atoms. The fraction of sp³-hybridized carbons (Fsp3) is 0.440. The normalized spacial score (nSPS) is 20.8. The summed E-state index contributed by atoms with van der Waals surface area (Å²) in [7, 11) is 0. The number of carbonyl (C=O) groups is 9. The van der Waals surface area contributed by atoms with E-state index in [0.29, 0.717) is 16.8 Å². The lowest BCUT2D eigenvalue weighted by atomic mass is 10.0. The highest BCUT2D eigenvalue weighted by Gasteiger charge is 2.35. The van der Waals surface area contributed by atoms with Gasteiger partial charge in [-0.15, -0.1) is 0 Å². The number of imidazole rings is 1. The smallest absolute Gasteiger partial charge is 0.326 e. The fourth-order valence-electron chi connectivity index (χ4n) is 8.51. The number of aliphatic carboxylic acids is 1. The molecule has 27 heteroatoms. The first kappa shape index (κ1) is 58.8.